The normalized spacial score (nSPS) is 13.5. The van der Waals surface area contributed by atoms with E-state index in [9.17, 15) is 8.42 Å². The van der Waals surface area contributed by atoms with E-state index < -0.39 is 9.84 Å². The number of hydrogen-bond acceptors (Lipinski definition) is 4. The lowest BCUT2D eigenvalue weighted by atomic mass is 10.0. The van der Waals surface area contributed by atoms with Gasteiger partial charge in [-0.25, -0.2) is 8.42 Å². The average Bonchev–Trinajstić information content (AvgIpc) is 2.29. The molecule has 0 spiro atoms. The first-order valence-electron chi connectivity index (χ1n) is 6.25. The van der Waals surface area contributed by atoms with Crippen LogP contribution in [0.15, 0.2) is 18.5 Å². The van der Waals surface area contributed by atoms with Gasteiger partial charge >= 0.3 is 0 Å². The van der Waals surface area contributed by atoms with Gasteiger partial charge in [0.1, 0.15) is 9.84 Å². The summed E-state index contributed by atoms with van der Waals surface area (Å²) in [5.41, 5.74) is 2.24. The number of hydrogen-bond donors (Lipinski definition) is 1. The Labute approximate surface area is 110 Å². The lowest BCUT2D eigenvalue weighted by molar-refractivity contribution is 0.510. The van der Waals surface area contributed by atoms with Crippen LogP contribution in [0.25, 0.3) is 0 Å². The molecule has 1 N–H and O–H groups in total. The summed E-state index contributed by atoms with van der Waals surface area (Å²) in [6, 6.07) is 2.02. The van der Waals surface area contributed by atoms with E-state index in [2.05, 4.69) is 17.2 Å². The molecule has 102 valence electrons. The van der Waals surface area contributed by atoms with E-state index in [4.69, 9.17) is 0 Å². The molecule has 0 aliphatic heterocycles. The van der Waals surface area contributed by atoms with Crippen molar-refractivity contribution in [3.05, 3.63) is 29.6 Å². The minimum atomic E-state index is -2.93. The maximum Gasteiger partial charge on any atom is 0.147 e. The molecule has 0 aliphatic carbocycles. The van der Waals surface area contributed by atoms with Gasteiger partial charge in [-0.3, -0.25) is 4.98 Å². The van der Waals surface area contributed by atoms with Crippen molar-refractivity contribution in [2.24, 2.45) is 0 Å². The van der Waals surface area contributed by atoms with Crippen LogP contribution < -0.4 is 5.32 Å². The van der Waals surface area contributed by atoms with E-state index in [0.29, 0.717) is 6.42 Å². The molecule has 0 amide bonds. The Morgan fingerprint density at radius 3 is 2.72 bits per heavy atom. The second-order valence-electron chi connectivity index (χ2n) is 4.66. The van der Waals surface area contributed by atoms with Crippen LogP contribution >= 0.6 is 0 Å². The molecule has 0 aromatic carbocycles. The largest absolute Gasteiger partial charge is 0.310 e. The van der Waals surface area contributed by atoms with Crippen molar-refractivity contribution >= 4 is 9.84 Å². The van der Waals surface area contributed by atoms with Crippen LogP contribution in [0.2, 0.25) is 0 Å². The summed E-state index contributed by atoms with van der Waals surface area (Å²) in [5.74, 6) is 0.197. The fraction of sp³-hybridized carbons (Fsp3) is 0.615. The molecule has 0 fully saturated rings. The Bertz CT molecular complexity index is 472. The second kappa shape index (κ2) is 6.85. The van der Waals surface area contributed by atoms with Crippen LogP contribution in [0.5, 0.6) is 0 Å². The van der Waals surface area contributed by atoms with E-state index in [1.54, 1.807) is 6.20 Å². The van der Waals surface area contributed by atoms with Crippen molar-refractivity contribution in [1.29, 1.82) is 0 Å². The zero-order chi connectivity index (χ0) is 13.6. The predicted octanol–water partition coefficient (Wildman–Crippen LogP) is 1.87. The number of rotatable bonds is 7. The summed E-state index contributed by atoms with van der Waals surface area (Å²) in [4.78, 5) is 4.13. The maximum absolute atomic E-state index is 11.3. The molecule has 0 radical (unpaired) electrons. The number of pyridine rings is 1. The number of nitrogens with one attached hydrogen (secondary N) is 1. The van der Waals surface area contributed by atoms with Crippen molar-refractivity contribution in [2.75, 3.05) is 18.6 Å². The van der Waals surface area contributed by atoms with E-state index in [-0.39, 0.29) is 11.8 Å². The molecule has 1 atom stereocenters. The van der Waals surface area contributed by atoms with Gasteiger partial charge in [0.25, 0.3) is 0 Å². The molecular formula is C13H22N2O2S. The zero-order valence-electron chi connectivity index (χ0n) is 11.3. The van der Waals surface area contributed by atoms with Crippen molar-refractivity contribution in [3.8, 4) is 0 Å². The van der Waals surface area contributed by atoms with E-state index in [1.807, 2.05) is 19.2 Å². The number of sulfone groups is 1. The lowest BCUT2D eigenvalue weighted by Gasteiger charge is -2.20. The molecule has 0 saturated heterocycles. The van der Waals surface area contributed by atoms with Gasteiger partial charge < -0.3 is 5.32 Å². The van der Waals surface area contributed by atoms with Crippen molar-refractivity contribution < 1.29 is 8.42 Å². The Morgan fingerprint density at radius 1 is 1.44 bits per heavy atom. The lowest BCUT2D eigenvalue weighted by Crippen LogP contribution is -2.25. The van der Waals surface area contributed by atoms with Crippen molar-refractivity contribution in [3.63, 3.8) is 0 Å². The van der Waals surface area contributed by atoms with Crippen LogP contribution in [-0.4, -0.2) is 32.0 Å². The third kappa shape index (κ3) is 5.14. The molecular weight excluding hydrogens is 248 g/mol. The minimum absolute atomic E-state index is 0.0633. The summed E-state index contributed by atoms with van der Waals surface area (Å²) in [6.45, 7) is 5.00. The third-order valence-corrected chi connectivity index (χ3v) is 3.85. The van der Waals surface area contributed by atoms with Gasteiger partial charge in [-0.1, -0.05) is 6.92 Å². The van der Waals surface area contributed by atoms with Gasteiger partial charge in [0.15, 0.2) is 0 Å². The Hall–Kier alpha value is -0.940. The van der Waals surface area contributed by atoms with Gasteiger partial charge in [0.2, 0.25) is 0 Å². The van der Waals surface area contributed by atoms with E-state index >= 15 is 0 Å². The van der Waals surface area contributed by atoms with Crippen LogP contribution in [0.1, 0.15) is 36.9 Å². The SMILES string of the molecule is CCCNC(CCS(C)(=O)=O)c1cnccc1C. The Morgan fingerprint density at radius 2 is 2.17 bits per heavy atom. The molecule has 1 rings (SSSR count). The van der Waals surface area contributed by atoms with Gasteiger partial charge in [0, 0.05) is 24.7 Å². The van der Waals surface area contributed by atoms with Gasteiger partial charge in [-0.2, -0.15) is 0 Å². The average molecular weight is 270 g/mol. The number of nitrogens with zero attached hydrogens (tertiary/aromatic N) is 1. The van der Waals surface area contributed by atoms with Crippen LogP contribution in [0.4, 0.5) is 0 Å². The topological polar surface area (TPSA) is 59.1 Å². The Kier molecular flexibility index (Phi) is 5.75. The molecule has 1 unspecified atom stereocenters. The molecule has 18 heavy (non-hydrogen) atoms. The number of aryl methyl sites for hydroxylation is 1. The third-order valence-electron chi connectivity index (χ3n) is 2.87. The molecule has 0 saturated carbocycles. The predicted molar refractivity (Wildman–Crippen MR) is 74.3 cm³/mol. The van der Waals surface area contributed by atoms with E-state index in [1.165, 1.54) is 6.26 Å². The maximum atomic E-state index is 11.3. The summed E-state index contributed by atoms with van der Waals surface area (Å²) in [7, 11) is -2.93. The number of aromatic nitrogens is 1. The summed E-state index contributed by atoms with van der Waals surface area (Å²) in [6.07, 6.45) is 6.47. The molecule has 1 aromatic rings. The summed E-state index contributed by atoms with van der Waals surface area (Å²) < 4.78 is 22.6. The minimum Gasteiger partial charge on any atom is -0.310 e. The molecule has 1 heterocycles. The monoisotopic (exact) mass is 270 g/mol. The highest BCUT2D eigenvalue weighted by atomic mass is 32.2. The second-order valence-corrected chi connectivity index (χ2v) is 6.92. The van der Waals surface area contributed by atoms with Gasteiger partial charge in [0.05, 0.1) is 5.75 Å². The van der Waals surface area contributed by atoms with Crippen LogP contribution in [-0.2, 0) is 9.84 Å². The van der Waals surface area contributed by atoms with E-state index in [0.717, 1.165) is 24.1 Å². The van der Waals surface area contributed by atoms with Crippen LogP contribution in [0.3, 0.4) is 0 Å². The standard InChI is InChI=1S/C13H22N2O2S/c1-4-7-15-13(6-9-18(3,16)17)12-10-14-8-5-11(12)2/h5,8,10,13,15H,4,6-7,9H2,1-3H3. The van der Waals surface area contributed by atoms with Crippen molar-refractivity contribution in [2.45, 2.75) is 32.7 Å². The smallest absolute Gasteiger partial charge is 0.147 e. The molecule has 5 heteroatoms. The summed E-state index contributed by atoms with van der Waals surface area (Å²) >= 11 is 0. The van der Waals surface area contributed by atoms with Gasteiger partial charge in [-0.05, 0) is 43.5 Å². The molecule has 0 aliphatic rings. The molecule has 1 aromatic heterocycles. The molecule has 4 nitrogen and oxygen atoms in total. The van der Waals surface area contributed by atoms with Crippen LogP contribution in [0, 0.1) is 6.92 Å². The fourth-order valence-corrected chi connectivity index (χ4v) is 2.52. The molecule has 0 bridgehead atoms. The fourth-order valence-electron chi connectivity index (χ4n) is 1.86. The highest BCUT2D eigenvalue weighted by molar-refractivity contribution is 7.90. The first-order chi connectivity index (χ1) is 8.44. The first-order valence-corrected chi connectivity index (χ1v) is 8.31. The quantitative estimate of drug-likeness (QED) is 0.821. The van der Waals surface area contributed by atoms with Gasteiger partial charge in [-0.15, -0.1) is 0 Å². The highest BCUT2D eigenvalue weighted by Crippen LogP contribution is 2.20. The zero-order valence-corrected chi connectivity index (χ0v) is 12.1. The summed E-state index contributed by atoms with van der Waals surface area (Å²) in [5, 5.41) is 3.39. The highest BCUT2D eigenvalue weighted by Gasteiger charge is 2.15. The Balaban J connectivity index is 2.81. The first kappa shape index (κ1) is 15.1. The van der Waals surface area contributed by atoms with Crippen molar-refractivity contribution in [1.82, 2.24) is 10.3 Å².